The van der Waals surface area contributed by atoms with E-state index >= 15 is 0 Å². The molecule has 76 valence electrons. The molecule has 2 unspecified atom stereocenters. The van der Waals surface area contributed by atoms with E-state index in [9.17, 15) is 9.59 Å². The maximum Gasteiger partial charge on any atom is 0.327 e. The SMILES string of the molecule is COC1CC(/C=C/C(=O)O)C=CC1=O. The summed E-state index contributed by atoms with van der Waals surface area (Å²) in [5.41, 5.74) is 0. The molecule has 0 aromatic carbocycles. The lowest BCUT2D eigenvalue weighted by Gasteiger charge is -2.19. The Kier molecular flexibility index (Phi) is 3.59. The number of carboxylic acids is 1. The highest BCUT2D eigenvalue weighted by molar-refractivity contribution is 5.94. The van der Waals surface area contributed by atoms with Gasteiger partial charge in [-0.1, -0.05) is 12.2 Å². The van der Waals surface area contributed by atoms with Crippen LogP contribution in [0, 0.1) is 5.92 Å². The van der Waals surface area contributed by atoms with Gasteiger partial charge in [0.05, 0.1) is 0 Å². The normalized spacial score (nSPS) is 27.1. The van der Waals surface area contributed by atoms with Crippen molar-refractivity contribution in [3.05, 3.63) is 24.3 Å². The molecule has 0 fully saturated rings. The van der Waals surface area contributed by atoms with Crippen molar-refractivity contribution in [2.24, 2.45) is 5.92 Å². The summed E-state index contributed by atoms with van der Waals surface area (Å²) in [6.07, 6.45) is 5.83. The summed E-state index contributed by atoms with van der Waals surface area (Å²) in [5.74, 6) is -1.08. The van der Waals surface area contributed by atoms with E-state index in [0.717, 1.165) is 6.08 Å². The number of carbonyl (C=O) groups is 2. The summed E-state index contributed by atoms with van der Waals surface area (Å²) in [7, 11) is 1.47. The molecule has 0 heterocycles. The predicted molar refractivity (Wildman–Crippen MR) is 49.8 cm³/mol. The lowest BCUT2D eigenvalue weighted by atomic mass is 9.92. The number of methoxy groups -OCH3 is 1. The molecule has 0 amide bonds. The van der Waals surface area contributed by atoms with Crippen LogP contribution in [0.1, 0.15) is 6.42 Å². The Morgan fingerprint density at radius 3 is 3.00 bits per heavy atom. The fraction of sp³-hybridized carbons (Fsp3) is 0.400. The number of rotatable bonds is 3. The first kappa shape index (κ1) is 10.7. The van der Waals surface area contributed by atoms with E-state index in [1.165, 1.54) is 13.2 Å². The van der Waals surface area contributed by atoms with Gasteiger partial charge in [0.1, 0.15) is 6.10 Å². The summed E-state index contributed by atoms with van der Waals surface area (Å²) >= 11 is 0. The van der Waals surface area contributed by atoms with Gasteiger partial charge in [0.2, 0.25) is 0 Å². The summed E-state index contributed by atoms with van der Waals surface area (Å²) in [5, 5.41) is 8.41. The van der Waals surface area contributed by atoms with Crippen molar-refractivity contribution in [2.45, 2.75) is 12.5 Å². The van der Waals surface area contributed by atoms with Gasteiger partial charge in [0, 0.05) is 13.2 Å². The molecule has 1 aliphatic carbocycles. The molecule has 0 aromatic heterocycles. The van der Waals surface area contributed by atoms with Crippen LogP contribution in [0.3, 0.4) is 0 Å². The van der Waals surface area contributed by atoms with Crippen molar-refractivity contribution in [1.82, 2.24) is 0 Å². The fourth-order valence-electron chi connectivity index (χ4n) is 1.33. The van der Waals surface area contributed by atoms with Gasteiger partial charge < -0.3 is 9.84 Å². The molecular weight excluding hydrogens is 184 g/mol. The Hall–Kier alpha value is -1.42. The Balaban J connectivity index is 2.62. The summed E-state index contributed by atoms with van der Waals surface area (Å²) in [6.45, 7) is 0. The van der Waals surface area contributed by atoms with Crippen LogP contribution in [-0.4, -0.2) is 30.1 Å². The van der Waals surface area contributed by atoms with Crippen molar-refractivity contribution in [3.8, 4) is 0 Å². The first-order valence-corrected chi connectivity index (χ1v) is 4.29. The van der Waals surface area contributed by atoms with Gasteiger partial charge in [-0.15, -0.1) is 0 Å². The number of hydrogen-bond donors (Lipinski definition) is 1. The smallest absolute Gasteiger partial charge is 0.327 e. The van der Waals surface area contributed by atoms with Crippen LogP contribution in [0.5, 0.6) is 0 Å². The number of hydrogen-bond acceptors (Lipinski definition) is 3. The number of aliphatic carboxylic acids is 1. The molecule has 2 atom stereocenters. The second-order valence-corrected chi connectivity index (χ2v) is 3.08. The Morgan fingerprint density at radius 1 is 1.71 bits per heavy atom. The third-order valence-electron chi connectivity index (χ3n) is 2.08. The minimum Gasteiger partial charge on any atom is -0.478 e. The first-order valence-electron chi connectivity index (χ1n) is 4.29. The summed E-state index contributed by atoms with van der Waals surface area (Å²) in [6, 6.07) is 0. The average molecular weight is 196 g/mol. The van der Waals surface area contributed by atoms with E-state index < -0.39 is 12.1 Å². The second kappa shape index (κ2) is 4.72. The zero-order valence-corrected chi connectivity index (χ0v) is 7.84. The zero-order chi connectivity index (χ0) is 10.6. The largest absolute Gasteiger partial charge is 0.478 e. The topological polar surface area (TPSA) is 63.6 Å². The number of allylic oxidation sites excluding steroid dienone is 2. The van der Waals surface area contributed by atoms with E-state index in [1.54, 1.807) is 12.2 Å². The number of ether oxygens (including phenoxy) is 1. The highest BCUT2D eigenvalue weighted by atomic mass is 16.5. The number of carboxylic acid groups (broad SMARTS) is 1. The summed E-state index contributed by atoms with van der Waals surface area (Å²) in [4.78, 5) is 21.4. The summed E-state index contributed by atoms with van der Waals surface area (Å²) < 4.78 is 4.96. The molecule has 0 saturated heterocycles. The van der Waals surface area contributed by atoms with Crippen molar-refractivity contribution in [1.29, 1.82) is 0 Å². The molecule has 0 spiro atoms. The van der Waals surface area contributed by atoms with Crippen molar-refractivity contribution in [3.63, 3.8) is 0 Å². The van der Waals surface area contributed by atoms with Crippen molar-refractivity contribution < 1.29 is 19.4 Å². The van der Waals surface area contributed by atoms with Crippen LogP contribution in [0.4, 0.5) is 0 Å². The predicted octanol–water partition coefficient (Wildman–Crippen LogP) is 0.787. The van der Waals surface area contributed by atoms with Gasteiger partial charge in [-0.25, -0.2) is 4.79 Å². The van der Waals surface area contributed by atoms with E-state index in [0.29, 0.717) is 6.42 Å². The van der Waals surface area contributed by atoms with Gasteiger partial charge in [-0.3, -0.25) is 4.79 Å². The van der Waals surface area contributed by atoms with Gasteiger partial charge in [0.15, 0.2) is 5.78 Å². The molecule has 14 heavy (non-hydrogen) atoms. The van der Waals surface area contributed by atoms with Crippen LogP contribution in [-0.2, 0) is 14.3 Å². The minimum absolute atomic E-state index is 0.0336. The van der Waals surface area contributed by atoms with Crippen LogP contribution in [0.15, 0.2) is 24.3 Å². The highest BCUT2D eigenvalue weighted by Gasteiger charge is 2.22. The third kappa shape index (κ3) is 2.81. The van der Waals surface area contributed by atoms with Crippen LogP contribution in [0.2, 0.25) is 0 Å². The van der Waals surface area contributed by atoms with Crippen LogP contribution in [0.25, 0.3) is 0 Å². The van der Waals surface area contributed by atoms with E-state index in [1.807, 2.05) is 0 Å². The number of carbonyl (C=O) groups excluding carboxylic acids is 1. The van der Waals surface area contributed by atoms with Crippen molar-refractivity contribution >= 4 is 11.8 Å². The zero-order valence-electron chi connectivity index (χ0n) is 7.84. The molecule has 0 aromatic rings. The quantitative estimate of drug-likeness (QED) is 0.678. The maximum absolute atomic E-state index is 11.2. The van der Waals surface area contributed by atoms with E-state index in [-0.39, 0.29) is 11.7 Å². The van der Waals surface area contributed by atoms with E-state index in [4.69, 9.17) is 9.84 Å². The molecule has 0 aliphatic heterocycles. The maximum atomic E-state index is 11.2. The van der Waals surface area contributed by atoms with Gasteiger partial charge in [0.25, 0.3) is 0 Å². The third-order valence-corrected chi connectivity index (χ3v) is 2.08. The Bertz CT molecular complexity index is 290. The highest BCUT2D eigenvalue weighted by Crippen LogP contribution is 2.18. The molecule has 0 bridgehead atoms. The molecule has 0 saturated carbocycles. The minimum atomic E-state index is -0.982. The second-order valence-electron chi connectivity index (χ2n) is 3.08. The molecule has 4 nitrogen and oxygen atoms in total. The van der Waals surface area contributed by atoms with Crippen molar-refractivity contribution in [2.75, 3.05) is 7.11 Å². The Morgan fingerprint density at radius 2 is 2.43 bits per heavy atom. The molecular formula is C10H12O4. The van der Waals surface area contributed by atoms with Crippen LogP contribution < -0.4 is 0 Å². The first-order chi connectivity index (χ1) is 6.63. The fourth-order valence-corrected chi connectivity index (χ4v) is 1.33. The lowest BCUT2D eigenvalue weighted by molar-refractivity contribution is -0.131. The van der Waals surface area contributed by atoms with Gasteiger partial charge in [-0.05, 0) is 18.4 Å². The molecule has 0 radical (unpaired) electrons. The molecule has 1 N–H and O–H groups in total. The molecule has 1 rings (SSSR count). The Labute approximate surface area is 81.9 Å². The average Bonchev–Trinajstić information content (AvgIpc) is 2.16. The molecule has 1 aliphatic rings. The lowest BCUT2D eigenvalue weighted by Crippen LogP contribution is -2.26. The van der Waals surface area contributed by atoms with Crippen LogP contribution >= 0.6 is 0 Å². The standard InChI is InChI=1S/C10H12O4/c1-14-9-6-7(2-4-8(9)11)3-5-10(12)13/h2-5,7,9H,6H2,1H3,(H,12,13)/b5-3+. The monoisotopic (exact) mass is 196 g/mol. The molecule has 4 heteroatoms. The van der Waals surface area contributed by atoms with Gasteiger partial charge >= 0.3 is 5.97 Å². The van der Waals surface area contributed by atoms with Gasteiger partial charge in [-0.2, -0.15) is 0 Å². The number of ketones is 1. The van der Waals surface area contributed by atoms with E-state index in [2.05, 4.69) is 0 Å².